The van der Waals surface area contributed by atoms with Gasteiger partial charge in [0.05, 0.1) is 18.6 Å². The Labute approximate surface area is 118 Å². The van der Waals surface area contributed by atoms with Crippen LogP contribution < -0.4 is 10.6 Å². The van der Waals surface area contributed by atoms with E-state index in [1.807, 2.05) is 36.6 Å². The summed E-state index contributed by atoms with van der Waals surface area (Å²) >= 11 is 0. The van der Waals surface area contributed by atoms with Gasteiger partial charge in [0.2, 0.25) is 0 Å². The molecule has 2 N–H and O–H groups in total. The van der Waals surface area contributed by atoms with Crippen LogP contribution in [0, 0.1) is 0 Å². The number of nitrogens with zero attached hydrogens (tertiary/aromatic N) is 3. The summed E-state index contributed by atoms with van der Waals surface area (Å²) in [5.74, 6) is 0.420. The van der Waals surface area contributed by atoms with E-state index in [1.54, 1.807) is 19.6 Å². The fourth-order valence-electron chi connectivity index (χ4n) is 1.92. The molecule has 0 bridgehead atoms. The summed E-state index contributed by atoms with van der Waals surface area (Å²) in [6.07, 6.45) is 3.38. The molecular weight excluding hydrogens is 254 g/mol. The van der Waals surface area contributed by atoms with Crippen LogP contribution in [0.3, 0.4) is 0 Å². The second-order valence-electron chi connectivity index (χ2n) is 4.70. The molecule has 2 heterocycles. The first kappa shape index (κ1) is 14.0. The van der Waals surface area contributed by atoms with Crippen molar-refractivity contribution < 1.29 is 4.79 Å². The molecular formula is C14H19N5O. The van der Waals surface area contributed by atoms with E-state index in [-0.39, 0.29) is 11.9 Å². The highest BCUT2D eigenvalue weighted by Gasteiger charge is 2.19. The Balaban J connectivity index is 2.14. The number of carbonyl (C=O) groups excluding carboxylic acids is 1. The monoisotopic (exact) mass is 273 g/mol. The Bertz CT molecular complexity index is 577. The summed E-state index contributed by atoms with van der Waals surface area (Å²) in [4.78, 5) is 20.7. The number of imidazole rings is 1. The largest absolute Gasteiger partial charge is 0.371 e. The van der Waals surface area contributed by atoms with Crippen LogP contribution in [-0.2, 0) is 6.54 Å². The van der Waals surface area contributed by atoms with Crippen LogP contribution in [0.1, 0.15) is 36.1 Å². The van der Waals surface area contributed by atoms with E-state index >= 15 is 0 Å². The number of nitrogens with one attached hydrogen (secondary N) is 2. The van der Waals surface area contributed by atoms with Crippen molar-refractivity contribution in [3.8, 4) is 0 Å². The fourth-order valence-corrected chi connectivity index (χ4v) is 1.92. The van der Waals surface area contributed by atoms with Crippen LogP contribution in [-0.4, -0.2) is 27.5 Å². The summed E-state index contributed by atoms with van der Waals surface area (Å²) in [6.45, 7) is 4.42. The Morgan fingerprint density at radius 2 is 2.15 bits per heavy atom. The van der Waals surface area contributed by atoms with Crippen LogP contribution in [0.4, 0.5) is 5.82 Å². The summed E-state index contributed by atoms with van der Waals surface area (Å²) in [7, 11) is 1.75. The molecule has 0 atom stereocenters. The van der Waals surface area contributed by atoms with Gasteiger partial charge in [-0.3, -0.25) is 9.78 Å². The summed E-state index contributed by atoms with van der Waals surface area (Å²) in [6, 6.07) is 5.78. The molecule has 2 aromatic rings. The summed E-state index contributed by atoms with van der Waals surface area (Å²) in [5.41, 5.74) is 1.36. The standard InChI is InChI=1S/C14H19N5O/c1-10(2)19-9-18-13(15-3)12(19)14(20)17-8-11-6-4-5-7-16-11/h4-7,9-10,15H,8H2,1-3H3,(H,17,20). The smallest absolute Gasteiger partial charge is 0.272 e. The Hall–Kier alpha value is -2.37. The maximum absolute atomic E-state index is 12.3. The molecule has 2 rings (SSSR count). The number of carbonyl (C=O) groups is 1. The zero-order chi connectivity index (χ0) is 14.5. The molecule has 0 aliphatic rings. The van der Waals surface area contributed by atoms with E-state index in [4.69, 9.17) is 0 Å². The SMILES string of the molecule is CNc1ncn(C(C)C)c1C(=O)NCc1ccccn1. The van der Waals surface area contributed by atoms with Crippen LogP contribution in [0.15, 0.2) is 30.7 Å². The lowest BCUT2D eigenvalue weighted by Crippen LogP contribution is -2.27. The van der Waals surface area contributed by atoms with Crippen molar-refractivity contribution in [2.24, 2.45) is 0 Å². The van der Waals surface area contributed by atoms with Gasteiger partial charge in [-0.2, -0.15) is 0 Å². The molecule has 20 heavy (non-hydrogen) atoms. The topological polar surface area (TPSA) is 71.8 Å². The third-order valence-electron chi connectivity index (χ3n) is 2.96. The zero-order valence-corrected chi connectivity index (χ0v) is 11.9. The van der Waals surface area contributed by atoms with Crippen molar-refractivity contribution in [2.75, 3.05) is 12.4 Å². The third-order valence-corrected chi connectivity index (χ3v) is 2.96. The van der Waals surface area contributed by atoms with Crippen molar-refractivity contribution in [2.45, 2.75) is 26.4 Å². The van der Waals surface area contributed by atoms with Gasteiger partial charge in [0, 0.05) is 19.3 Å². The molecule has 0 saturated heterocycles. The maximum Gasteiger partial charge on any atom is 0.272 e. The number of pyridine rings is 1. The molecule has 106 valence electrons. The van der Waals surface area contributed by atoms with E-state index in [9.17, 15) is 4.79 Å². The minimum atomic E-state index is -0.161. The lowest BCUT2D eigenvalue weighted by molar-refractivity contribution is 0.0940. The zero-order valence-electron chi connectivity index (χ0n) is 11.9. The first-order valence-corrected chi connectivity index (χ1v) is 6.56. The molecule has 0 saturated carbocycles. The minimum Gasteiger partial charge on any atom is -0.371 e. The van der Waals surface area contributed by atoms with Gasteiger partial charge < -0.3 is 15.2 Å². The molecule has 6 heteroatoms. The van der Waals surface area contributed by atoms with E-state index in [2.05, 4.69) is 20.6 Å². The molecule has 0 aliphatic heterocycles. The van der Waals surface area contributed by atoms with Gasteiger partial charge in [0.1, 0.15) is 0 Å². The molecule has 0 radical (unpaired) electrons. The van der Waals surface area contributed by atoms with Crippen LogP contribution in [0.2, 0.25) is 0 Å². The summed E-state index contributed by atoms with van der Waals surface area (Å²) < 4.78 is 1.85. The van der Waals surface area contributed by atoms with Crippen molar-refractivity contribution >= 4 is 11.7 Å². The highest BCUT2D eigenvalue weighted by Crippen LogP contribution is 2.17. The van der Waals surface area contributed by atoms with Gasteiger partial charge in [-0.1, -0.05) is 6.07 Å². The van der Waals surface area contributed by atoms with Crippen LogP contribution in [0.5, 0.6) is 0 Å². The highest BCUT2D eigenvalue weighted by atomic mass is 16.2. The molecule has 6 nitrogen and oxygen atoms in total. The fraction of sp³-hybridized carbons (Fsp3) is 0.357. The summed E-state index contributed by atoms with van der Waals surface area (Å²) in [5, 5.41) is 5.81. The van der Waals surface area contributed by atoms with E-state index in [1.165, 1.54) is 0 Å². The number of hydrogen-bond acceptors (Lipinski definition) is 4. The number of rotatable bonds is 5. The predicted molar refractivity (Wildman–Crippen MR) is 77.6 cm³/mol. The van der Waals surface area contributed by atoms with Gasteiger partial charge in [-0.05, 0) is 26.0 Å². The van der Waals surface area contributed by atoms with Crippen molar-refractivity contribution in [1.29, 1.82) is 0 Å². The minimum absolute atomic E-state index is 0.161. The molecule has 0 aliphatic carbocycles. The third kappa shape index (κ3) is 2.96. The van der Waals surface area contributed by atoms with Crippen molar-refractivity contribution in [1.82, 2.24) is 19.9 Å². The quantitative estimate of drug-likeness (QED) is 0.872. The molecule has 1 amide bonds. The molecule has 0 spiro atoms. The van der Waals surface area contributed by atoms with Gasteiger partial charge in [0.25, 0.3) is 5.91 Å². The van der Waals surface area contributed by atoms with Gasteiger partial charge >= 0.3 is 0 Å². The first-order valence-electron chi connectivity index (χ1n) is 6.56. The normalized spacial score (nSPS) is 10.6. The van der Waals surface area contributed by atoms with E-state index in [0.717, 1.165) is 5.69 Å². The van der Waals surface area contributed by atoms with E-state index < -0.39 is 0 Å². The van der Waals surface area contributed by atoms with Gasteiger partial charge in [-0.15, -0.1) is 0 Å². The average molecular weight is 273 g/mol. The number of anilines is 1. The van der Waals surface area contributed by atoms with E-state index in [0.29, 0.717) is 18.1 Å². The first-order chi connectivity index (χ1) is 9.63. The van der Waals surface area contributed by atoms with Gasteiger partial charge in [-0.25, -0.2) is 4.98 Å². The Morgan fingerprint density at radius 3 is 2.75 bits per heavy atom. The second kappa shape index (κ2) is 6.18. The second-order valence-corrected chi connectivity index (χ2v) is 4.70. The number of amides is 1. The van der Waals surface area contributed by atoms with Crippen LogP contribution in [0.25, 0.3) is 0 Å². The molecule has 2 aromatic heterocycles. The molecule has 0 aromatic carbocycles. The highest BCUT2D eigenvalue weighted by molar-refractivity contribution is 5.97. The van der Waals surface area contributed by atoms with Gasteiger partial charge in [0.15, 0.2) is 11.5 Å². The average Bonchev–Trinajstić information content (AvgIpc) is 2.90. The number of aromatic nitrogens is 3. The Kier molecular flexibility index (Phi) is 4.34. The van der Waals surface area contributed by atoms with Crippen molar-refractivity contribution in [3.63, 3.8) is 0 Å². The van der Waals surface area contributed by atoms with Crippen LogP contribution >= 0.6 is 0 Å². The lowest BCUT2D eigenvalue weighted by atomic mass is 10.3. The van der Waals surface area contributed by atoms with Crippen molar-refractivity contribution in [3.05, 3.63) is 42.1 Å². The predicted octanol–water partition coefficient (Wildman–Crippen LogP) is 1.83. The molecule has 0 fully saturated rings. The molecule has 0 unspecified atom stereocenters. The Morgan fingerprint density at radius 1 is 1.35 bits per heavy atom. The maximum atomic E-state index is 12.3. The lowest BCUT2D eigenvalue weighted by Gasteiger charge is -2.13. The number of hydrogen-bond donors (Lipinski definition) is 2.